The standard InChI is InChI=1S/C25H22N8O2/c1-2-20(34)19-11-16(12-27-19)33-25-22-18(13-28-24(22)29-14-30-25)23(32-33)31-15-6-8-17(9-7-15)35-21-5-3-4-10-26-21/h2-10,13-14,16,19,27H,1,11-12H2,(H,31,32)(H,28,29,30). The van der Waals surface area contributed by atoms with Crippen LogP contribution in [0, 0.1) is 0 Å². The second-order valence-electron chi connectivity index (χ2n) is 8.29. The first kappa shape index (κ1) is 21.0. The van der Waals surface area contributed by atoms with Gasteiger partial charge < -0.3 is 20.4 Å². The smallest absolute Gasteiger partial charge is 0.219 e. The van der Waals surface area contributed by atoms with Crippen LogP contribution in [0.3, 0.4) is 0 Å². The maximum Gasteiger partial charge on any atom is 0.219 e. The number of nitrogens with zero attached hydrogens (tertiary/aromatic N) is 5. The summed E-state index contributed by atoms with van der Waals surface area (Å²) in [5.41, 5.74) is 2.45. The van der Waals surface area contributed by atoms with Crippen LogP contribution in [-0.4, -0.2) is 50.2 Å². The molecule has 2 atom stereocenters. The zero-order chi connectivity index (χ0) is 23.8. The Morgan fingerprint density at radius 2 is 2.06 bits per heavy atom. The average molecular weight is 467 g/mol. The molecule has 0 spiro atoms. The SMILES string of the molecule is C=CC(=O)C1CC(N2N=C(Nc3ccc(Oc4ccccn4)cc3)c3c[nH]c4ncnc2c34)CN1. The Balaban J connectivity index is 1.28. The van der Waals surface area contributed by atoms with Crippen LogP contribution in [-0.2, 0) is 4.79 Å². The summed E-state index contributed by atoms with van der Waals surface area (Å²) >= 11 is 0. The second-order valence-corrected chi connectivity index (χ2v) is 8.29. The molecule has 10 nitrogen and oxygen atoms in total. The van der Waals surface area contributed by atoms with Crippen LogP contribution in [0.2, 0.25) is 0 Å². The maximum absolute atomic E-state index is 12.1. The summed E-state index contributed by atoms with van der Waals surface area (Å²) in [7, 11) is 0. The number of nitrogens with one attached hydrogen (secondary N) is 3. The minimum Gasteiger partial charge on any atom is -0.439 e. The third-order valence-corrected chi connectivity index (χ3v) is 6.11. The Bertz CT molecular complexity index is 1430. The number of rotatable bonds is 6. The van der Waals surface area contributed by atoms with E-state index in [0.717, 1.165) is 28.1 Å². The van der Waals surface area contributed by atoms with Crippen molar-refractivity contribution in [3.63, 3.8) is 0 Å². The molecule has 0 saturated carbocycles. The number of benzene rings is 1. The molecule has 0 bridgehead atoms. The Hall–Kier alpha value is -4.57. The number of H-pyrrole nitrogens is 1. The molecule has 3 aromatic heterocycles. The summed E-state index contributed by atoms with van der Waals surface area (Å²) < 4.78 is 5.79. The molecule has 1 fully saturated rings. The Kier molecular flexibility index (Phi) is 5.19. The number of pyridine rings is 1. The molecule has 10 heteroatoms. The zero-order valence-corrected chi connectivity index (χ0v) is 18.7. The van der Waals surface area contributed by atoms with E-state index < -0.39 is 0 Å². The third-order valence-electron chi connectivity index (χ3n) is 6.11. The van der Waals surface area contributed by atoms with E-state index in [4.69, 9.17) is 9.84 Å². The van der Waals surface area contributed by atoms with Crippen molar-refractivity contribution in [3.05, 3.63) is 79.4 Å². The first-order valence-electron chi connectivity index (χ1n) is 11.3. The molecule has 0 aliphatic carbocycles. The Labute approximate surface area is 200 Å². The van der Waals surface area contributed by atoms with Gasteiger partial charge in [-0.25, -0.2) is 20.0 Å². The van der Waals surface area contributed by atoms with Gasteiger partial charge in [-0.3, -0.25) is 4.79 Å². The zero-order valence-electron chi connectivity index (χ0n) is 18.7. The van der Waals surface area contributed by atoms with Gasteiger partial charge in [-0.05, 0) is 42.8 Å². The van der Waals surface area contributed by atoms with E-state index in [1.54, 1.807) is 12.3 Å². The normalized spacial score (nSPS) is 18.9. The van der Waals surface area contributed by atoms with Crippen molar-refractivity contribution in [2.24, 2.45) is 5.10 Å². The summed E-state index contributed by atoms with van der Waals surface area (Å²) in [6.07, 6.45) is 7.05. The first-order chi connectivity index (χ1) is 17.2. The predicted molar refractivity (Wildman–Crippen MR) is 133 cm³/mol. The quantitative estimate of drug-likeness (QED) is 0.371. The fraction of sp³-hybridized carbons (Fsp3) is 0.160. The van der Waals surface area contributed by atoms with Crippen LogP contribution in [0.15, 0.2) is 78.9 Å². The van der Waals surface area contributed by atoms with Gasteiger partial charge in [-0.15, -0.1) is 0 Å². The van der Waals surface area contributed by atoms with Crippen molar-refractivity contribution in [2.45, 2.75) is 18.5 Å². The van der Waals surface area contributed by atoms with Crippen molar-refractivity contribution in [3.8, 4) is 11.6 Å². The van der Waals surface area contributed by atoms with E-state index in [1.165, 1.54) is 12.4 Å². The monoisotopic (exact) mass is 466 g/mol. The number of ether oxygens (including phenoxy) is 1. The number of carbonyl (C=O) groups excluding carboxylic acids is 1. The topological polar surface area (TPSA) is 120 Å². The van der Waals surface area contributed by atoms with Gasteiger partial charge in [0.2, 0.25) is 5.88 Å². The molecule has 5 heterocycles. The number of amidine groups is 1. The van der Waals surface area contributed by atoms with Crippen LogP contribution in [0.1, 0.15) is 12.0 Å². The van der Waals surface area contributed by atoms with Crippen molar-refractivity contribution in [1.82, 2.24) is 25.3 Å². The molecule has 35 heavy (non-hydrogen) atoms. The molecule has 3 N–H and O–H groups in total. The largest absolute Gasteiger partial charge is 0.439 e. The molecule has 1 aromatic carbocycles. The molecular formula is C25H22N8O2. The molecule has 1 saturated heterocycles. The number of aromatic amines is 1. The van der Waals surface area contributed by atoms with E-state index in [0.29, 0.717) is 30.4 Å². The molecule has 2 aliphatic rings. The number of hydrogen-bond acceptors (Lipinski definition) is 9. The van der Waals surface area contributed by atoms with E-state index in [9.17, 15) is 4.79 Å². The molecule has 4 aromatic rings. The fourth-order valence-corrected chi connectivity index (χ4v) is 4.40. The van der Waals surface area contributed by atoms with E-state index in [-0.39, 0.29) is 17.9 Å². The highest BCUT2D eigenvalue weighted by Crippen LogP contribution is 2.34. The Morgan fingerprint density at radius 3 is 2.86 bits per heavy atom. The summed E-state index contributed by atoms with van der Waals surface area (Å²) in [6, 6.07) is 12.8. The minimum absolute atomic E-state index is 0.0185. The number of hydrogen-bond donors (Lipinski definition) is 3. The van der Waals surface area contributed by atoms with Gasteiger partial charge in [0.25, 0.3) is 0 Å². The molecule has 6 rings (SSSR count). The average Bonchev–Trinajstić information content (AvgIpc) is 3.56. The van der Waals surface area contributed by atoms with Crippen LogP contribution in [0.4, 0.5) is 11.5 Å². The number of carbonyl (C=O) groups is 1. The first-order valence-corrected chi connectivity index (χ1v) is 11.3. The lowest BCUT2D eigenvalue weighted by Crippen LogP contribution is -2.37. The highest BCUT2D eigenvalue weighted by atomic mass is 16.5. The molecule has 174 valence electrons. The lowest BCUT2D eigenvalue weighted by molar-refractivity contribution is -0.116. The summed E-state index contributed by atoms with van der Waals surface area (Å²) in [5.74, 6) is 2.57. The highest BCUT2D eigenvalue weighted by molar-refractivity contribution is 6.19. The van der Waals surface area contributed by atoms with Crippen molar-refractivity contribution in [1.29, 1.82) is 0 Å². The van der Waals surface area contributed by atoms with Crippen LogP contribution in [0.5, 0.6) is 11.6 Å². The summed E-state index contributed by atoms with van der Waals surface area (Å²) in [6.45, 7) is 4.21. The predicted octanol–water partition coefficient (Wildman–Crippen LogP) is 3.22. The molecule has 2 aliphatic heterocycles. The lowest BCUT2D eigenvalue weighted by Gasteiger charge is -2.29. The Morgan fingerprint density at radius 1 is 1.17 bits per heavy atom. The van der Waals surface area contributed by atoms with Crippen molar-refractivity contribution in [2.75, 3.05) is 16.9 Å². The molecule has 2 unspecified atom stereocenters. The van der Waals surface area contributed by atoms with Crippen LogP contribution in [0.25, 0.3) is 11.0 Å². The number of ketones is 1. The number of aromatic nitrogens is 4. The van der Waals surface area contributed by atoms with E-state index in [2.05, 4.69) is 37.1 Å². The fourth-order valence-electron chi connectivity index (χ4n) is 4.40. The van der Waals surface area contributed by atoms with Gasteiger partial charge in [0, 0.05) is 36.3 Å². The van der Waals surface area contributed by atoms with Gasteiger partial charge in [-0.2, -0.15) is 5.10 Å². The maximum atomic E-state index is 12.1. The number of hydrazone groups is 1. The van der Waals surface area contributed by atoms with Crippen LogP contribution >= 0.6 is 0 Å². The van der Waals surface area contributed by atoms with Crippen molar-refractivity contribution >= 4 is 34.2 Å². The van der Waals surface area contributed by atoms with Gasteiger partial charge in [0.15, 0.2) is 17.4 Å². The van der Waals surface area contributed by atoms with Crippen LogP contribution < -0.4 is 20.4 Å². The van der Waals surface area contributed by atoms with Gasteiger partial charge in [-0.1, -0.05) is 12.6 Å². The molecular weight excluding hydrogens is 444 g/mol. The van der Waals surface area contributed by atoms with Crippen molar-refractivity contribution < 1.29 is 9.53 Å². The van der Waals surface area contributed by atoms with E-state index in [1.807, 2.05) is 47.6 Å². The molecule has 0 amide bonds. The minimum atomic E-state index is -0.277. The van der Waals surface area contributed by atoms with Gasteiger partial charge in [0.05, 0.1) is 17.5 Å². The van der Waals surface area contributed by atoms with Gasteiger partial charge >= 0.3 is 0 Å². The second kappa shape index (κ2) is 8.65. The van der Waals surface area contributed by atoms with Gasteiger partial charge in [0.1, 0.15) is 17.7 Å². The summed E-state index contributed by atoms with van der Waals surface area (Å²) in [4.78, 5) is 28.4. The lowest BCUT2D eigenvalue weighted by atomic mass is 10.1. The van der Waals surface area contributed by atoms with E-state index >= 15 is 0 Å². The summed E-state index contributed by atoms with van der Waals surface area (Å²) in [5, 5.41) is 14.4. The molecule has 0 radical (unpaired) electrons. The number of anilines is 2. The highest BCUT2D eigenvalue weighted by Gasteiger charge is 2.36. The third kappa shape index (κ3) is 3.89.